The van der Waals surface area contributed by atoms with Gasteiger partial charge in [-0.25, -0.2) is 4.79 Å². The number of esters is 1. The summed E-state index contributed by atoms with van der Waals surface area (Å²) < 4.78 is 9.52. The third-order valence-corrected chi connectivity index (χ3v) is 2.57. The summed E-state index contributed by atoms with van der Waals surface area (Å²) in [6.07, 6.45) is 2.14. The molecule has 0 saturated heterocycles. The molecule has 21 heavy (non-hydrogen) atoms. The van der Waals surface area contributed by atoms with Crippen LogP contribution in [-0.4, -0.2) is 46.1 Å². The van der Waals surface area contributed by atoms with E-state index in [4.69, 9.17) is 9.84 Å². The third kappa shape index (κ3) is 3.74. The smallest absolute Gasteiger partial charge is 0.328 e. The van der Waals surface area contributed by atoms with E-state index in [0.717, 1.165) is 32.3 Å². The van der Waals surface area contributed by atoms with E-state index in [1.54, 1.807) is 0 Å². The molecule has 9 heteroatoms. The minimum Gasteiger partial charge on any atom is -0.478 e. The monoisotopic (exact) mass is 299 g/mol. The van der Waals surface area contributed by atoms with Gasteiger partial charge in [0, 0.05) is 20.1 Å². The summed E-state index contributed by atoms with van der Waals surface area (Å²) in [4.78, 5) is 31.8. The van der Waals surface area contributed by atoms with Gasteiger partial charge < -0.3 is 19.7 Å². The molecule has 2 unspecified atom stereocenters. The Morgan fingerprint density at radius 2 is 2.14 bits per heavy atom. The first kappa shape index (κ1) is 16.5. The van der Waals surface area contributed by atoms with Gasteiger partial charge in [0.15, 0.2) is 0 Å². The van der Waals surface area contributed by atoms with E-state index in [-0.39, 0.29) is 5.57 Å². The maximum atomic E-state index is 11.2. The molecule has 1 rings (SSSR count). The van der Waals surface area contributed by atoms with Crippen molar-refractivity contribution in [3.63, 3.8) is 0 Å². The number of carboxylic acid groups (broad SMARTS) is 1. The number of nitro groups is 1. The number of rotatable bonds is 5. The van der Waals surface area contributed by atoms with Gasteiger partial charge in [0.05, 0.1) is 10.5 Å². The van der Waals surface area contributed by atoms with Crippen molar-refractivity contribution in [2.24, 2.45) is 0 Å². The number of carbonyl (C=O) groups is 2. The molecule has 0 aromatic heterocycles. The van der Waals surface area contributed by atoms with Gasteiger partial charge in [0.25, 0.3) is 11.5 Å². The van der Waals surface area contributed by atoms with Crippen molar-refractivity contribution in [1.29, 1.82) is 0 Å². The van der Waals surface area contributed by atoms with E-state index in [1.807, 2.05) is 0 Å². The van der Waals surface area contributed by atoms with Crippen LogP contribution in [0.2, 0.25) is 0 Å². The molecule has 0 fully saturated rings. The Morgan fingerprint density at radius 1 is 1.52 bits per heavy atom. The zero-order chi connectivity index (χ0) is 16.2. The average Bonchev–Trinajstić information content (AvgIpc) is 2.35. The number of aliphatic carboxylic acids is 1. The van der Waals surface area contributed by atoms with Crippen LogP contribution in [0.1, 0.15) is 6.92 Å². The lowest BCUT2D eigenvalue weighted by molar-refractivity contribution is -0.446. The lowest BCUT2D eigenvalue weighted by Crippen LogP contribution is -2.49. The second kappa shape index (κ2) is 6.29. The number of ether oxygens (including phenoxy) is 2. The molecule has 0 aromatic carbocycles. The van der Waals surface area contributed by atoms with E-state index in [9.17, 15) is 24.8 Å². The Kier molecular flexibility index (Phi) is 4.95. The van der Waals surface area contributed by atoms with Crippen LogP contribution in [0.25, 0.3) is 0 Å². The second-order valence-corrected chi connectivity index (χ2v) is 4.06. The third-order valence-electron chi connectivity index (χ3n) is 2.57. The van der Waals surface area contributed by atoms with Gasteiger partial charge in [0.1, 0.15) is 0 Å². The van der Waals surface area contributed by atoms with Crippen LogP contribution in [0, 0.1) is 10.1 Å². The first-order chi connectivity index (χ1) is 9.71. The van der Waals surface area contributed by atoms with E-state index in [2.05, 4.69) is 4.74 Å². The number of carbonyl (C=O) groups excluding carboxylic acids is 1. The Labute approximate surface area is 118 Å². The fourth-order valence-corrected chi connectivity index (χ4v) is 1.83. The maximum Gasteiger partial charge on any atom is 0.328 e. The minimum atomic E-state index is -2.34. The molecule has 114 valence electrons. The van der Waals surface area contributed by atoms with E-state index in [1.165, 1.54) is 0 Å². The zero-order valence-corrected chi connectivity index (χ0v) is 11.2. The van der Waals surface area contributed by atoms with Gasteiger partial charge in [-0.1, -0.05) is 0 Å². The van der Waals surface area contributed by atoms with Gasteiger partial charge in [-0.05, 0) is 18.2 Å². The number of hydrogen-bond acceptors (Lipinski definition) is 7. The Morgan fingerprint density at radius 3 is 2.57 bits per heavy atom. The molecule has 0 aromatic rings. The molecule has 0 heterocycles. The van der Waals surface area contributed by atoms with Crippen molar-refractivity contribution in [1.82, 2.24) is 0 Å². The summed E-state index contributed by atoms with van der Waals surface area (Å²) in [7, 11) is 1.08. The van der Waals surface area contributed by atoms with Crippen molar-refractivity contribution in [3.05, 3.63) is 45.7 Å². The molecule has 2 N–H and O–H groups in total. The SMILES string of the molecule is COC1C([N+](=O)[O-])=C(/C=C/C(=O)O)C=CC1(O)OC(C)=O. The van der Waals surface area contributed by atoms with E-state index < -0.39 is 34.5 Å². The summed E-state index contributed by atoms with van der Waals surface area (Å²) in [5.41, 5.74) is -0.715. The van der Waals surface area contributed by atoms with Crippen molar-refractivity contribution >= 4 is 11.9 Å². The summed E-state index contributed by atoms with van der Waals surface area (Å²) in [5, 5.41) is 29.9. The van der Waals surface area contributed by atoms with Crippen LogP contribution in [0.3, 0.4) is 0 Å². The number of hydrogen-bond donors (Lipinski definition) is 2. The van der Waals surface area contributed by atoms with Crippen LogP contribution in [0.15, 0.2) is 35.6 Å². The van der Waals surface area contributed by atoms with Crippen LogP contribution in [-0.2, 0) is 19.1 Å². The summed E-state index contributed by atoms with van der Waals surface area (Å²) >= 11 is 0. The maximum absolute atomic E-state index is 11.2. The lowest BCUT2D eigenvalue weighted by atomic mass is 9.95. The second-order valence-electron chi connectivity index (χ2n) is 4.06. The number of methoxy groups -OCH3 is 1. The van der Waals surface area contributed by atoms with Crippen LogP contribution >= 0.6 is 0 Å². The molecule has 0 amide bonds. The number of carboxylic acids is 1. The molecule has 0 saturated carbocycles. The van der Waals surface area contributed by atoms with Crippen molar-refractivity contribution < 1.29 is 34.2 Å². The van der Waals surface area contributed by atoms with Crippen molar-refractivity contribution in [2.45, 2.75) is 18.8 Å². The van der Waals surface area contributed by atoms with Gasteiger partial charge in [-0.2, -0.15) is 0 Å². The quantitative estimate of drug-likeness (QED) is 0.238. The largest absolute Gasteiger partial charge is 0.478 e. The Bertz CT molecular complexity index is 562. The zero-order valence-electron chi connectivity index (χ0n) is 11.2. The molecule has 0 radical (unpaired) electrons. The van der Waals surface area contributed by atoms with Gasteiger partial charge in [-0.15, -0.1) is 0 Å². The topological polar surface area (TPSA) is 136 Å². The van der Waals surface area contributed by atoms with Gasteiger partial charge >= 0.3 is 11.9 Å². The number of allylic oxidation sites excluding steroid dienone is 3. The first-order valence-electron chi connectivity index (χ1n) is 5.65. The number of aliphatic hydroxyl groups is 1. The molecule has 0 bridgehead atoms. The molecule has 0 aliphatic heterocycles. The average molecular weight is 299 g/mol. The summed E-state index contributed by atoms with van der Waals surface area (Å²) in [6, 6.07) is 0. The van der Waals surface area contributed by atoms with Crippen molar-refractivity contribution in [3.8, 4) is 0 Å². The minimum absolute atomic E-state index is 0.0916. The predicted octanol–water partition coefficient (Wildman–Crippen LogP) is -0.00550. The molecule has 2 atom stereocenters. The molecule has 0 spiro atoms. The van der Waals surface area contributed by atoms with Crippen LogP contribution < -0.4 is 0 Å². The molecule has 9 nitrogen and oxygen atoms in total. The highest BCUT2D eigenvalue weighted by Gasteiger charge is 2.49. The van der Waals surface area contributed by atoms with Gasteiger partial charge in [0.2, 0.25) is 6.10 Å². The van der Waals surface area contributed by atoms with Gasteiger partial charge in [-0.3, -0.25) is 14.9 Å². The fraction of sp³-hybridized carbons (Fsp3) is 0.333. The fourth-order valence-electron chi connectivity index (χ4n) is 1.83. The summed E-state index contributed by atoms with van der Waals surface area (Å²) in [6.45, 7) is 1.02. The normalized spacial score (nSPS) is 25.2. The Hall–Kier alpha value is -2.52. The standard InChI is InChI=1S/C12H13NO8/c1-7(14)21-12(17)6-5-8(3-4-9(15)16)10(13(18)19)11(12)20-2/h3-6,11,17H,1-2H3,(H,15,16)/b4-3+. The highest BCUT2D eigenvalue weighted by atomic mass is 16.7. The first-order valence-corrected chi connectivity index (χ1v) is 5.65. The number of nitrogens with zero attached hydrogens (tertiary/aromatic N) is 1. The highest BCUT2D eigenvalue weighted by molar-refractivity contribution is 5.80. The highest BCUT2D eigenvalue weighted by Crippen LogP contribution is 2.32. The van der Waals surface area contributed by atoms with Crippen LogP contribution in [0.5, 0.6) is 0 Å². The predicted molar refractivity (Wildman–Crippen MR) is 67.4 cm³/mol. The van der Waals surface area contributed by atoms with Crippen molar-refractivity contribution in [2.75, 3.05) is 7.11 Å². The Balaban J connectivity index is 3.34. The molecular formula is C12H13NO8. The lowest BCUT2D eigenvalue weighted by Gasteiger charge is -2.32. The molecular weight excluding hydrogens is 286 g/mol. The molecule has 1 aliphatic rings. The van der Waals surface area contributed by atoms with Crippen LogP contribution in [0.4, 0.5) is 0 Å². The summed E-state index contributed by atoms with van der Waals surface area (Å²) in [5.74, 6) is -4.51. The molecule has 1 aliphatic carbocycles. The van der Waals surface area contributed by atoms with E-state index >= 15 is 0 Å². The van der Waals surface area contributed by atoms with E-state index in [0.29, 0.717) is 6.08 Å².